The molecule has 0 aliphatic rings. The fourth-order valence-electron chi connectivity index (χ4n) is 1.58. The minimum absolute atomic E-state index is 0.137. The monoisotopic (exact) mass is 323 g/mol. The van der Waals surface area contributed by atoms with Gasteiger partial charge < -0.3 is 10.6 Å². The van der Waals surface area contributed by atoms with Crippen molar-refractivity contribution in [3.05, 3.63) is 40.6 Å². The molecule has 0 saturated heterocycles. The van der Waals surface area contributed by atoms with E-state index < -0.39 is 0 Å². The number of hydrogen-bond donors (Lipinski definition) is 2. The van der Waals surface area contributed by atoms with E-state index in [2.05, 4.69) is 36.9 Å². The van der Waals surface area contributed by atoms with Crippen LogP contribution in [0.3, 0.4) is 0 Å². The van der Waals surface area contributed by atoms with Gasteiger partial charge in [0.25, 0.3) is 0 Å². The summed E-state index contributed by atoms with van der Waals surface area (Å²) in [5, 5.41) is 13.6. The number of rotatable bonds is 5. The van der Waals surface area contributed by atoms with Gasteiger partial charge in [0.05, 0.1) is 17.6 Å². The summed E-state index contributed by atoms with van der Waals surface area (Å²) in [6.07, 6.45) is 1.75. The Morgan fingerprint density at radius 2 is 2.21 bits per heavy atom. The van der Waals surface area contributed by atoms with Crippen LogP contribution in [-0.4, -0.2) is 27.9 Å². The first kappa shape index (κ1) is 13.7. The molecule has 0 bridgehead atoms. The zero-order chi connectivity index (χ0) is 13.7. The van der Waals surface area contributed by atoms with Crippen molar-refractivity contribution in [1.82, 2.24) is 20.3 Å². The molecule has 0 aliphatic heterocycles. The van der Waals surface area contributed by atoms with Crippen LogP contribution in [0, 0.1) is 0 Å². The molecule has 6 nitrogen and oxygen atoms in total. The Labute approximate surface area is 119 Å². The van der Waals surface area contributed by atoms with Crippen molar-refractivity contribution < 1.29 is 4.79 Å². The normalized spacial score (nSPS) is 10.4. The van der Waals surface area contributed by atoms with Crippen LogP contribution >= 0.6 is 15.9 Å². The minimum Gasteiger partial charge on any atom is -0.323 e. The summed E-state index contributed by atoms with van der Waals surface area (Å²) in [7, 11) is 1.83. The van der Waals surface area contributed by atoms with Gasteiger partial charge in [0, 0.05) is 11.0 Å². The molecule has 1 aromatic heterocycles. The third-order valence-electron chi connectivity index (χ3n) is 2.40. The largest absolute Gasteiger partial charge is 0.323 e. The highest BCUT2D eigenvalue weighted by Crippen LogP contribution is 2.20. The van der Waals surface area contributed by atoms with E-state index in [-0.39, 0.29) is 12.5 Å². The zero-order valence-electron chi connectivity index (χ0n) is 10.4. The van der Waals surface area contributed by atoms with Crippen LogP contribution in [0.5, 0.6) is 0 Å². The highest BCUT2D eigenvalue weighted by molar-refractivity contribution is 9.10. The number of halogens is 1. The third kappa shape index (κ3) is 3.87. The Balaban J connectivity index is 1.95. The van der Waals surface area contributed by atoms with E-state index in [9.17, 15) is 4.79 Å². The molecule has 0 saturated carbocycles. The van der Waals surface area contributed by atoms with Crippen LogP contribution in [0.15, 0.2) is 34.9 Å². The van der Waals surface area contributed by atoms with Crippen LogP contribution in [-0.2, 0) is 17.9 Å². The smallest absolute Gasteiger partial charge is 0.246 e. The Bertz CT molecular complexity index is 569. The van der Waals surface area contributed by atoms with Crippen molar-refractivity contribution in [2.75, 3.05) is 12.4 Å². The maximum atomic E-state index is 11.9. The fourth-order valence-corrected chi connectivity index (χ4v) is 1.96. The minimum atomic E-state index is -0.146. The van der Waals surface area contributed by atoms with Gasteiger partial charge in [-0.25, -0.2) is 4.68 Å². The second-order valence-electron chi connectivity index (χ2n) is 3.97. The second-order valence-corrected chi connectivity index (χ2v) is 4.82. The molecule has 1 heterocycles. The van der Waals surface area contributed by atoms with E-state index in [1.165, 1.54) is 4.68 Å². The molecule has 19 heavy (non-hydrogen) atoms. The molecule has 0 spiro atoms. The number of amides is 1. The van der Waals surface area contributed by atoms with Gasteiger partial charge in [-0.05, 0) is 35.1 Å². The van der Waals surface area contributed by atoms with E-state index in [0.29, 0.717) is 6.54 Å². The SMILES string of the molecule is CNCc1cn(CC(=O)Nc2ccccc2Br)nn1. The summed E-state index contributed by atoms with van der Waals surface area (Å²) in [4.78, 5) is 11.9. The lowest BCUT2D eigenvalue weighted by Gasteiger charge is -2.06. The molecular weight excluding hydrogens is 310 g/mol. The van der Waals surface area contributed by atoms with E-state index in [4.69, 9.17) is 0 Å². The van der Waals surface area contributed by atoms with Crippen molar-refractivity contribution in [2.24, 2.45) is 0 Å². The number of carbonyl (C=O) groups is 1. The summed E-state index contributed by atoms with van der Waals surface area (Å²) in [6.45, 7) is 0.768. The van der Waals surface area contributed by atoms with Gasteiger partial charge in [0.1, 0.15) is 6.54 Å². The average Bonchev–Trinajstić information content (AvgIpc) is 2.80. The summed E-state index contributed by atoms with van der Waals surface area (Å²) in [5.74, 6) is -0.146. The molecule has 100 valence electrons. The maximum absolute atomic E-state index is 11.9. The Kier molecular flexibility index (Phi) is 4.64. The van der Waals surface area contributed by atoms with Crippen LogP contribution < -0.4 is 10.6 Å². The molecule has 0 fully saturated rings. The number of nitrogens with one attached hydrogen (secondary N) is 2. The van der Waals surface area contributed by atoms with Crippen molar-refractivity contribution in [2.45, 2.75) is 13.1 Å². The van der Waals surface area contributed by atoms with Crippen LogP contribution in [0.4, 0.5) is 5.69 Å². The van der Waals surface area contributed by atoms with Gasteiger partial charge >= 0.3 is 0 Å². The van der Waals surface area contributed by atoms with Gasteiger partial charge in [0.15, 0.2) is 0 Å². The molecule has 2 aromatic rings. The number of para-hydroxylation sites is 1. The maximum Gasteiger partial charge on any atom is 0.246 e. The Hall–Kier alpha value is -1.73. The summed E-state index contributed by atoms with van der Waals surface area (Å²) >= 11 is 3.38. The fraction of sp³-hybridized carbons (Fsp3) is 0.250. The molecule has 0 unspecified atom stereocenters. The van der Waals surface area contributed by atoms with Gasteiger partial charge in [0.2, 0.25) is 5.91 Å². The third-order valence-corrected chi connectivity index (χ3v) is 3.09. The summed E-state index contributed by atoms with van der Waals surface area (Å²) in [5.41, 5.74) is 1.54. The molecular formula is C12H14BrN5O. The molecule has 1 aromatic carbocycles. The molecule has 0 aliphatic carbocycles. The predicted octanol–water partition coefficient (Wildman–Crippen LogP) is 1.40. The number of anilines is 1. The van der Waals surface area contributed by atoms with Gasteiger partial charge in [-0.1, -0.05) is 17.3 Å². The Morgan fingerprint density at radius 3 is 2.95 bits per heavy atom. The predicted molar refractivity (Wildman–Crippen MR) is 75.6 cm³/mol. The number of hydrogen-bond acceptors (Lipinski definition) is 4. The van der Waals surface area contributed by atoms with Crippen LogP contribution in [0.2, 0.25) is 0 Å². The first-order valence-corrected chi connectivity index (χ1v) is 6.56. The van der Waals surface area contributed by atoms with E-state index in [0.717, 1.165) is 15.9 Å². The first-order chi connectivity index (χ1) is 9.19. The Morgan fingerprint density at radius 1 is 1.42 bits per heavy atom. The highest BCUT2D eigenvalue weighted by atomic mass is 79.9. The second kappa shape index (κ2) is 6.44. The average molecular weight is 324 g/mol. The number of aromatic nitrogens is 3. The molecule has 0 atom stereocenters. The number of carbonyl (C=O) groups excluding carboxylic acids is 1. The topological polar surface area (TPSA) is 71.8 Å². The van der Waals surface area contributed by atoms with Gasteiger partial charge in [-0.15, -0.1) is 5.10 Å². The quantitative estimate of drug-likeness (QED) is 0.872. The molecule has 2 rings (SSSR count). The van der Waals surface area contributed by atoms with Crippen molar-refractivity contribution in [1.29, 1.82) is 0 Å². The van der Waals surface area contributed by atoms with Crippen molar-refractivity contribution >= 4 is 27.5 Å². The van der Waals surface area contributed by atoms with Crippen LogP contribution in [0.1, 0.15) is 5.69 Å². The van der Waals surface area contributed by atoms with Crippen molar-refractivity contribution in [3.63, 3.8) is 0 Å². The molecule has 0 radical (unpaired) electrons. The zero-order valence-corrected chi connectivity index (χ0v) is 12.0. The lowest BCUT2D eigenvalue weighted by molar-refractivity contribution is -0.116. The van der Waals surface area contributed by atoms with E-state index in [1.807, 2.05) is 31.3 Å². The first-order valence-electron chi connectivity index (χ1n) is 5.77. The van der Waals surface area contributed by atoms with Crippen molar-refractivity contribution in [3.8, 4) is 0 Å². The summed E-state index contributed by atoms with van der Waals surface area (Å²) < 4.78 is 2.36. The lowest BCUT2D eigenvalue weighted by atomic mass is 10.3. The van der Waals surface area contributed by atoms with Gasteiger partial charge in [-0.3, -0.25) is 4.79 Å². The summed E-state index contributed by atoms with van der Waals surface area (Å²) in [6, 6.07) is 7.45. The molecule has 2 N–H and O–H groups in total. The lowest BCUT2D eigenvalue weighted by Crippen LogP contribution is -2.19. The van der Waals surface area contributed by atoms with Gasteiger partial charge in [-0.2, -0.15) is 0 Å². The molecule has 7 heteroatoms. The number of nitrogens with zero attached hydrogens (tertiary/aromatic N) is 3. The number of benzene rings is 1. The van der Waals surface area contributed by atoms with E-state index >= 15 is 0 Å². The highest BCUT2D eigenvalue weighted by Gasteiger charge is 2.07. The van der Waals surface area contributed by atoms with Crippen LogP contribution in [0.25, 0.3) is 0 Å². The standard InChI is InChI=1S/C12H14BrN5O/c1-14-6-9-7-18(17-16-9)8-12(19)15-11-5-3-2-4-10(11)13/h2-5,7,14H,6,8H2,1H3,(H,15,19). The van der Waals surface area contributed by atoms with E-state index in [1.54, 1.807) is 6.20 Å². The molecule has 1 amide bonds.